The monoisotopic (exact) mass is 326 g/mol. The molecule has 0 aromatic carbocycles. The molecule has 0 unspecified atom stereocenters. The van der Waals surface area contributed by atoms with E-state index in [1.807, 2.05) is 0 Å². The van der Waals surface area contributed by atoms with Crippen LogP contribution in [-0.4, -0.2) is 67.7 Å². The first-order valence-corrected chi connectivity index (χ1v) is 8.56. The number of likely N-dealkylation sites (tertiary alicyclic amines) is 2. The van der Waals surface area contributed by atoms with Crippen LogP contribution in [0, 0.1) is 0 Å². The Kier molecular flexibility index (Phi) is 4.02. The van der Waals surface area contributed by atoms with Crippen LogP contribution < -0.4 is 0 Å². The van der Waals surface area contributed by atoms with Crippen LogP contribution in [-0.2, 0) is 0 Å². The zero-order valence-corrected chi connectivity index (χ0v) is 13.9. The first-order chi connectivity index (χ1) is 11.7. The predicted octanol–water partition coefficient (Wildman–Crippen LogP) is 1.36. The van der Waals surface area contributed by atoms with E-state index in [9.17, 15) is 4.79 Å². The number of hydrogen-bond acceptors (Lipinski definition) is 5. The zero-order valence-electron chi connectivity index (χ0n) is 13.9. The van der Waals surface area contributed by atoms with Gasteiger partial charge < -0.3 is 9.80 Å². The molecule has 2 aromatic rings. The number of aromatic nitrogens is 4. The van der Waals surface area contributed by atoms with Crippen LogP contribution >= 0.6 is 0 Å². The highest BCUT2D eigenvalue weighted by Gasteiger charge is 2.38. The van der Waals surface area contributed by atoms with Gasteiger partial charge in [0.05, 0.1) is 0 Å². The molecule has 7 heteroatoms. The van der Waals surface area contributed by atoms with Crippen LogP contribution in [0.4, 0.5) is 0 Å². The molecule has 0 bridgehead atoms. The van der Waals surface area contributed by atoms with Crippen LogP contribution in [0.3, 0.4) is 0 Å². The molecule has 2 aromatic heterocycles. The maximum atomic E-state index is 13.1. The predicted molar refractivity (Wildman–Crippen MR) is 88.9 cm³/mol. The fourth-order valence-corrected chi connectivity index (χ4v) is 4.04. The molecule has 0 N–H and O–H groups in total. The summed E-state index contributed by atoms with van der Waals surface area (Å²) in [5.41, 5.74) is 0.669. The third kappa shape index (κ3) is 2.69. The summed E-state index contributed by atoms with van der Waals surface area (Å²) in [6, 6.07) is 4.41. The van der Waals surface area contributed by atoms with E-state index in [-0.39, 0.29) is 5.91 Å². The van der Waals surface area contributed by atoms with Crippen molar-refractivity contribution in [3.63, 3.8) is 0 Å². The molecule has 2 saturated heterocycles. The second-order valence-electron chi connectivity index (χ2n) is 6.64. The molecule has 2 atom stereocenters. The Morgan fingerprint density at radius 1 is 1.21 bits per heavy atom. The highest BCUT2D eigenvalue weighted by atomic mass is 16.2. The van der Waals surface area contributed by atoms with Crippen LogP contribution in [0.2, 0.25) is 0 Å². The average molecular weight is 326 g/mol. The van der Waals surface area contributed by atoms with Gasteiger partial charge in [-0.05, 0) is 51.4 Å². The minimum atomic E-state index is 0.0987. The van der Waals surface area contributed by atoms with Crippen molar-refractivity contribution in [2.24, 2.45) is 0 Å². The Bertz CT molecular complexity index is 716. The van der Waals surface area contributed by atoms with E-state index >= 15 is 0 Å². The zero-order chi connectivity index (χ0) is 16.5. The number of carbonyl (C=O) groups excluding carboxylic acids is 1. The number of carbonyl (C=O) groups is 1. The van der Waals surface area contributed by atoms with Gasteiger partial charge in [-0.1, -0.05) is 0 Å². The van der Waals surface area contributed by atoms with Gasteiger partial charge in [-0.25, -0.2) is 14.6 Å². The summed E-state index contributed by atoms with van der Waals surface area (Å²) >= 11 is 0. The molecule has 1 amide bonds. The van der Waals surface area contributed by atoms with E-state index < -0.39 is 0 Å². The van der Waals surface area contributed by atoms with Gasteiger partial charge in [0.15, 0.2) is 5.82 Å². The number of hydrogen-bond donors (Lipinski definition) is 0. The fourth-order valence-electron chi connectivity index (χ4n) is 4.04. The van der Waals surface area contributed by atoms with Crippen LogP contribution in [0.5, 0.6) is 0 Å². The van der Waals surface area contributed by atoms with Gasteiger partial charge in [-0.15, -0.1) is 0 Å². The molecule has 126 valence electrons. The van der Waals surface area contributed by atoms with Gasteiger partial charge in [-0.2, -0.15) is 5.10 Å². The minimum Gasteiger partial charge on any atom is -0.334 e. The maximum absolute atomic E-state index is 13.1. The molecule has 2 aliphatic heterocycles. The minimum absolute atomic E-state index is 0.0987. The largest absolute Gasteiger partial charge is 0.334 e. The molecule has 4 heterocycles. The Labute approximate surface area is 141 Å². The number of rotatable bonds is 3. The van der Waals surface area contributed by atoms with Gasteiger partial charge in [0.2, 0.25) is 0 Å². The maximum Gasteiger partial charge on any atom is 0.254 e. The summed E-state index contributed by atoms with van der Waals surface area (Å²) in [5.74, 6) is 0.716. The summed E-state index contributed by atoms with van der Waals surface area (Å²) in [4.78, 5) is 25.8. The second kappa shape index (κ2) is 6.32. The van der Waals surface area contributed by atoms with Crippen molar-refractivity contribution in [3.05, 3.63) is 36.5 Å². The smallest absolute Gasteiger partial charge is 0.254 e. The van der Waals surface area contributed by atoms with Gasteiger partial charge in [-0.3, -0.25) is 4.79 Å². The van der Waals surface area contributed by atoms with E-state index in [0.29, 0.717) is 23.5 Å². The Hall–Kier alpha value is -2.28. The number of nitrogens with zero attached hydrogens (tertiary/aromatic N) is 6. The van der Waals surface area contributed by atoms with E-state index in [1.54, 1.807) is 29.3 Å². The lowest BCUT2D eigenvalue weighted by Gasteiger charge is -2.33. The van der Waals surface area contributed by atoms with Gasteiger partial charge in [0, 0.05) is 30.4 Å². The third-order valence-electron chi connectivity index (χ3n) is 5.23. The molecule has 24 heavy (non-hydrogen) atoms. The summed E-state index contributed by atoms with van der Waals surface area (Å²) in [6.45, 7) is 1.98. The molecule has 0 aliphatic carbocycles. The lowest BCUT2D eigenvalue weighted by molar-refractivity contribution is 0.0664. The molecule has 0 saturated carbocycles. The van der Waals surface area contributed by atoms with Gasteiger partial charge >= 0.3 is 0 Å². The van der Waals surface area contributed by atoms with E-state index in [1.165, 1.54) is 19.2 Å². The van der Waals surface area contributed by atoms with Gasteiger partial charge in [0.1, 0.15) is 12.7 Å². The quantitative estimate of drug-likeness (QED) is 0.852. The van der Waals surface area contributed by atoms with Crippen molar-refractivity contribution in [2.45, 2.75) is 37.8 Å². The molecular weight excluding hydrogens is 304 g/mol. The molecule has 2 fully saturated rings. The molecular formula is C17H22N6O. The summed E-state index contributed by atoms with van der Waals surface area (Å²) < 4.78 is 1.57. The highest BCUT2D eigenvalue weighted by Crippen LogP contribution is 2.30. The second-order valence-corrected chi connectivity index (χ2v) is 6.64. The topological polar surface area (TPSA) is 67.2 Å². The Balaban J connectivity index is 1.58. The van der Waals surface area contributed by atoms with Crippen molar-refractivity contribution in [1.82, 2.24) is 29.5 Å². The molecule has 4 rings (SSSR count). The number of pyridine rings is 1. The van der Waals surface area contributed by atoms with E-state index in [0.717, 1.165) is 25.9 Å². The van der Waals surface area contributed by atoms with Crippen LogP contribution in [0.1, 0.15) is 36.0 Å². The molecule has 2 aliphatic rings. The van der Waals surface area contributed by atoms with Crippen molar-refractivity contribution >= 4 is 5.91 Å². The third-order valence-corrected chi connectivity index (χ3v) is 5.23. The van der Waals surface area contributed by atoms with Crippen molar-refractivity contribution in [2.75, 3.05) is 20.1 Å². The van der Waals surface area contributed by atoms with E-state index in [4.69, 9.17) is 0 Å². The number of amides is 1. The highest BCUT2D eigenvalue weighted by molar-refractivity contribution is 5.95. The first-order valence-electron chi connectivity index (χ1n) is 8.56. The Morgan fingerprint density at radius 2 is 2.04 bits per heavy atom. The van der Waals surface area contributed by atoms with E-state index in [2.05, 4.69) is 31.9 Å². The number of likely N-dealkylation sites (N-methyl/N-ethyl adjacent to an activating group) is 1. The molecule has 0 radical (unpaired) electrons. The fraction of sp³-hybridized carbons (Fsp3) is 0.529. The first kappa shape index (κ1) is 15.3. The summed E-state index contributed by atoms with van der Waals surface area (Å²) in [7, 11) is 2.17. The van der Waals surface area contributed by atoms with Crippen molar-refractivity contribution < 1.29 is 4.79 Å². The van der Waals surface area contributed by atoms with Crippen LogP contribution in [0.25, 0.3) is 5.82 Å². The lowest BCUT2D eigenvalue weighted by Crippen LogP contribution is -2.47. The summed E-state index contributed by atoms with van der Waals surface area (Å²) in [6.07, 6.45) is 9.31. The van der Waals surface area contributed by atoms with Crippen molar-refractivity contribution in [3.8, 4) is 5.82 Å². The molecule has 7 nitrogen and oxygen atoms in total. The van der Waals surface area contributed by atoms with Crippen molar-refractivity contribution in [1.29, 1.82) is 0 Å². The lowest BCUT2D eigenvalue weighted by atomic mass is 10.0. The SMILES string of the molecule is CN1CCC[C@@H]1[C@H]1CCCN1C(=O)c1ccnc(-n2cncn2)c1. The van der Waals surface area contributed by atoms with Crippen LogP contribution in [0.15, 0.2) is 31.0 Å². The average Bonchev–Trinajstić information content (AvgIpc) is 3.35. The van der Waals surface area contributed by atoms with Gasteiger partial charge in [0.25, 0.3) is 5.91 Å². The molecule has 0 spiro atoms. The normalized spacial score (nSPS) is 24.6. The standard InChI is InChI=1S/C17H22N6O/c1-21-8-2-4-14(21)15-5-3-9-22(15)17(24)13-6-7-19-16(10-13)23-12-18-11-20-23/h6-7,10-12,14-15H,2-5,8-9H2,1H3/t14-,15-/m1/s1. The Morgan fingerprint density at radius 3 is 2.79 bits per heavy atom. The summed E-state index contributed by atoms with van der Waals surface area (Å²) in [5, 5.41) is 4.08.